The summed E-state index contributed by atoms with van der Waals surface area (Å²) in [6.07, 6.45) is 2.96. The van der Waals surface area contributed by atoms with Crippen molar-refractivity contribution < 1.29 is 18.6 Å². The number of sulfonamides is 1. The third kappa shape index (κ3) is 4.88. The number of nitrogens with one attached hydrogen (secondary N) is 1. The summed E-state index contributed by atoms with van der Waals surface area (Å²) in [5, 5.41) is 26.9. The first kappa shape index (κ1) is 24.4. The fourth-order valence-corrected chi connectivity index (χ4v) is 5.18. The van der Waals surface area contributed by atoms with Gasteiger partial charge in [-0.25, -0.2) is 13.4 Å². The number of piperidine rings is 1. The number of benzene rings is 1. The number of likely N-dealkylation sites (N-methyl/N-ethyl adjacent to an activating group) is 1. The summed E-state index contributed by atoms with van der Waals surface area (Å²) in [5.41, 5.74) is 2.51. The van der Waals surface area contributed by atoms with Crippen LogP contribution in [-0.2, 0) is 10.0 Å². The first-order valence-electron chi connectivity index (χ1n) is 11.5. The van der Waals surface area contributed by atoms with Crippen molar-refractivity contribution in [2.75, 3.05) is 43.5 Å². The van der Waals surface area contributed by atoms with Gasteiger partial charge in [0.15, 0.2) is 5.65 Å². The van der Waals surface area contributed by atoms with Crippen molar-refractivity contribution in [3.63, 3.8) is 0 Å². The van der Waals surface area contributed by atoms with Crippen LogP contribution >= 0.6 is 0 Å². The topological polar surface area (TPSA) is 123 Å². The lowest BCUT2D eigenvalue weighted by Gasteiger charge is -2.31. The lowest BCUT2D eigenvalue weighted by atomic mass is 10.1. The molecule has 1 saturated heterocycles. The maximum atomic E-state index is 12.6. The molecule has 0 amide bonds. The Morgan fingerprint density at radius 3 is 2.50 bits per heavy atom. The molecule has 34 heavy (non-hydrogen) atoms. The van der Waals surface area contributed by atoms with Crippen LogP contribution < -0.4 is 10.2 Å². The highest BCUT2D eigenvalue weighted by atomic mass is 32.2. The molecule has 1 aliphatic heterocycles. The van der Waals surface area contributed by atoms with Gasteiger partial charge in [-0.15, -0.1) is 0 Å². The van der Waals surface area contributed by atoms with E-state index < -0.39 is 10.0 Å². The van der Waals surface area contributed by atoms with Crippen LogP contribution in [0.15, 0.2) is 41.4 Å². The average Bonchev–Trinajstić information content (AvgIpc) is 3.25. The molecule has 1 aromatic carbocycles. The van der Waals surface area contributed by atoms with Gasteiger partial charge in [0.2, 0.25) is 10.0 Å². The Labute approximate surface area is 199 Å². The Morgan fingerprint density at radius 2 is 1.88 bits per heavy atom. The van der Waals surface area contributed by atoms with Gasteiger partial charge in [0.25, 0.3) is 0 Å². The Morgan fingerprint density at radius 1 is 1.21 bits per heavy atom. The Kier molecular flexibility index (Phi) is 7.08. The highest BCUT2D eigenvalue weighted by Crippen LogP contribution is 2.29. The van der Waals surface area contributed by atoms with E-state index in [1.54, 1.807) is 28.8 Å². The summed E-state index contributed by atoms with van der Waals surface area (Å²) in [6.45, 7) is 5.44. The van der Waals surface area contributed by atoms with Gasteiger partial charge in [-0.1, -0.05) is 13.8 Å². The van der Waals surface area contributed by atoms with Crippen LogP contribution in [-0.4, -0.2) is 76.9 Å². The molecule has 0 radical (unpaired) electrons. The number of hydrogen-bond acceptors (Lipinski definition) is 8. The van der Waals surface area contributed by atoms with Crippen molar-refractivity contribution in [2.45, 2.75) is 43.6 Å². The molecule has 1 fully saturated rings. The van der Waals surface area contributed by atoms with Crippen LogP contribution in [0.5, 0.6) is 0 Å². The van der Waals surface area contributed by atoms with E-state index in [-0.39, 0.29) is 30.1 Å². The molecule has 0 saturated carbocycles. The summed E-state index contributed by atoms with van der Waals surface area (Å²) in [6, 6.07) is 8.42. The molecule has 3 aromatic rings. The average molecular weight is 489 g/mol. The van der Waals surface area contributed by atoms with Crippen LogP contribution in [0.2, 0.25) is 0 Å². The van der Waals surface area contributed by atoms with Gasteiger partial charge in [0.1, 0.15) is 11.6 Å². The molecule has 10 nitrogen and oxygen atoms in total. The van der Waals surface area contributed by atoms with E-state index in [0.717, 1.165) is 34.4 Å². The van der Waals surface area contributed by atoms with E-state index in [1.165, 1.54) is 7.05 Å². The first-order chi connectivity index (χ1) is 16.2. The van der Waals surface area contributed by atoms with Crippen molar-refractivity contribution >= 4 is 33.0 Å². The second kappa shape index (κ2) is 9.87. The lowest BCUT2D eigenvalue weighted by molar-refractivity contribution is 0.145. The van der Waals surface area contributed by atoms with E-state index in [4.69, 9.17) is 10.1 Å². The molecule has 0 bridgehead atoms. The molecular weight excluding hydrogens is 456 g/mol. The van der Waals surface area contributed by atoms with Crippen LogP contribution in [0.1, 0.15) is 38.2 Å². The number of anilines is 3. The minimum Gasteiger partial charge on any atom is -0.395 e. The lowest BCUT2D eigenvalue weighted by Crippen LogP contribution is -2.36. The predicted molar refractivity (Wildman–Crippen MR) is 131 cm³/mol. The van der Waals surface area contributed by atoms with Crippen LogP contribution in [0.25, 0.3) is 5.65 Å². The summed E-state index contributed by atoms with van der Waals surface area (Å²) in [5.74, 6) is 1.77. The Bertz CT molecular complexity index is 1230. The van der Waals surface area contributed by atoms with E-state index in [0.29, 0.717) is 24.3 Å². The predicted octanol–water partition coefficient (Wildman–Crippen LogP) is 2.17. The van der Waals surface area contributed by atoms with Crippen LogP contribution in [0.3, 0.4) is 0 Å². The molecule has 3 N–H and O–H groups in total. The maximum Gasteiger partial charge on any atom is 0.242 e. The van der Waals surface area contributed by atoms with Gasteiger partial charge in [-0.3, -0.25) is 0 Å². The molecule has 0 atom stereocenters. The normalized spacial score (nSPS) is 15.6. The van der Waals surface area contributed by atoms with Crippen LogP contribution in [0, 0.1) is 0 Å². The third-order valence-electron chi connectivity index (χ3n) is 6.15. The van der Waals surface area contributed by atoms with Gasteiger partial charge in [-0.05, 0) is 43.0 Å². The molecule has 184 valence electrons. The van der Waals surface area contributed by atoms with Gasteiger partial charge in [0.05, 0.1) is 23.8 Å². The van der Waals surface area contributed by atoms with Gasteiger partial charge >= 0.3 is 0 Å². The van der Waals surface area contributed by atoms with Gasteiger partial charge in [0, 0.05) is 44.0 Å². The van der Waals surface area contributed by atoms with Crippen LogP contribution in [0.4, 0.5) is 17.3 Å². The second-order valence-corrected chi connectivity index (χ2v) is 11.0. The minimum atomic E-state index is -3.67. The first-order valence-corrected chi connectivity index (χ1v) is 12.9. The number of aliphatic hydroxyl groups excluding tert-OH is 2. The summed E-state index contributed by atoms with van der Waals surface area (Å²) in [7, 11) is -2.23. The van der Waals surface area contributed by atoms with E-state index in [1.807, 2.05) is 12.3 Å². The smallest absolute Gasteiger partial charge is 0.242 e. The van der Waals surface area contributed by atoms with Crippen molar-refractivity contribution in [2.24, 2.45) is 0 Å². The van der Waals surface area contributed by atoms with E-state index >= 15 is 0 Å². The molecule has 0 unspecified atom stereocenters. The van der Waals surface area contributed by atoms with E-state index in [2.05, 4.69) is 29.2 Å². The Hall–Kier alpha value is -2.73. The van der Waals surface area contributed by atoms with Crippen molar-refractivity contribution in [3.05, 3.63) is 42.1 Å². The number of rotatable bonds is 8. The number of aromatic nitrogens is 3. The van der Waals surface area contributed by atoms with Crippen molar-refractivity contribution in [3.8, 4) is 0 Å². The quantitative estimate of drug-likeness (QED) is 0.441. The standard InChI is InChI=1S/C23H32N6O4S/c1-16(2)20-15-24-29-22(14-21(26-23(20)29)28-10-8-18(31)9-11-28)25-17-4-6-19(7-5-17)34(32,33)27(3)12-13-30/h4-7,14-16,18,25,30-31H,8-13H2,1-3H3. The molecule has 4 rings (SSSR count). The van der Waals surface area contributed by atoms with Crippen molar-refractivity contribution in [1.29, 1.82) is 0 Å². The second-order valence-electron chi connectivity index (χ2n) is 8.91. The fraction of sp³-hybridized carbons (Fsp3) is 0.478. The minimum absolute atomic E-state index is 0.0329. The fourth-order valence-electron chi connectivity index (χ4n) is 4.02. The van der Waals surface area contributed by atoms with E-state index in [9.17, 15) is 13.5 Å². The van der Waals surface area contributed by atoms with Gasteiger partial charge < -0.3 is 20.4 Å². The number of nitrogens with zero attached hydrogens (tertiary/aromatic N) is 5. The number of aliphatic hydroxyl groups is 2. The monoisotopic (exact) mass is 488 g/mol. The Balaban J connectivity index is 1.67. The SMILES string of the molecule is CC(C)c1cnn2c(Nc3ccc(S(=O)(=O)N(C)CCO)cc3)cc(N3CCC(O)CC3)nc12. The molecule has 3 heterocycles. The molecule has 1 aliphatic rings. The number of hydrogen-bond donors (Lipinski definition) is 3. The largest absolute Gasteiger partial charge is 0.395 e. The number of fused-ring (bicyclic) bond motifs is 1. The summed E-state index contributed by atoms with van der Waals surface area (Å²) in [4.78, 5) is 7.21. The highest BCUT2D eigenvalue weighted by molar-refractivity contribution is 7.89. The summed E-state index contributed by atoms with van der Waals surface area (Å²) >= 11 is 0. The zero-order chi connectivity index (χ0) is 24.5. The van der Waals surface area contributed by atoms with Gasteiger partial charge in [-0.2, -0.15) is 13.9 Å². The zero-order valence-electron chi connectivity index (χ0n) is 19.7. The molecule has 0 aliphatic carbocycles. The summed E-state index contributed by atoms with van der Waals surface area (Å²) < 4.78 is 28.1. The third-order valence-corrected chi connectivity index (χ3v) is 8.02. The molecule has 11 heteroatoms. The molecular formula is C23H32N6O4S. The maximum absolute atomic E-state index is 12.6. The molecule has 0 spiro atoms. The highest BCUT2D eigenvalue weighted by Gasteiger charge is 2.22. The zero-order valence-corrected chi connectivity index (χ0v) is 20.5. The molecule has 2 aromatic heterocycles. The van der Waals surface area contributed by atoms with Crippen molar-refractivity contribution in [1.82, 2.24) is 18.9 Å².